The fourth-order valence-electron chi connectivity index (χ4n) is 17.3. The smallest absolute Gasteiger partial charge is 0.417 e. The van der Waals surface area contributed by atoms with Gasteiger partial charge in [-0.1, -0.05) is 199 Å². The van der Waals surface area contributed by atoms with E-state index in [9.17, 15) is 47.9 Å². The Kier molecular flexibility index (Phi) is 62.2. The molecule has 12 aromatic heterocycles. The van der Waals surface area contributed by atoms with Crippen molar-refractivity contribution in [2.45, 2.75) is 234 Å². The van der Waals surface area contributed by atoms with E-state index < -0.39 is 24.2 Å². The number of cyclic esters (lactones) is 4. The van der Waals surface area contributed by atoms with Crippen molar-refractivity contribution in [2.75, 3.05) is 9.54 Å². The number of alkyl halides is 5. The summed E-state index contributed by atoms with van der Waals surface area (Å²) in [6.45, 7) is 14.8. The van der Waals surface area contributed by atoms with Gasteiger partial charge in [0.1, 0.15) is 24.4 Å². The summed E-state index contributed by atoms with van der Waals surface area (Å²) in [6, 6.07) is -0.462. The molecule has 0 bridgehead atoms. The molecular weight excluding hydrogens is 3160 g/mol. The number of amides is 7. The third-order valence-electron chi connectivity index (χ3n) is 25.0. The number of imide groups is 3. The zero-order valence-electron chi connectivity index (χ0n) is 78.1. The Morgan fingerprint density at radius 1 is 0.417 bits per heavy atom. The number of esters is 1. The quantitative estimate of drug-likeness (QED) is 0.0390. The van der Waals surface area contributed by atoms with Gasteiger partial charge >= 0.3 is 36.3 Å². The standard InChI is InChI=1S/3C16H16N3O3S.C12H11N2O2S.C11H8ClN2OS.C11H9N2O2S.C5H9NO2.CHI3.CH2I2.CH2I.2CH4.V.6Y/c3*1-8-9(2)22-16(21)19(8)15(20)10-3-4-11-12-6-17-7-18-14(12)23-13(11)5-10;1-16-12(15)7-2-3-8-9-5-13-6-14-11(9)17-10(8)4-7;12-10(15)6-1-2-7-8-4-13-5-14-11(8)16-9(7)3-6;14-11(15)6-1-2-7-8-4-12-5-13-10(8)16-9(7)3-6;1-3-4(2)8-5(7)6-3;2-1(3)4;2-1-3;1-2;;;;;;;;;/h3*7-10H,3-5H2,1-2H3;6-7H,2-4H2,1H3;5-6H,1-3H2;5-6H,1-3H2,(H,14,15);3-4H,1-2H3,(H,6,7);1H;1H2;1H2;2*1H4;;;;;;;/q6*-1;;;;-1;;;;;;;;;/t8-,9+,10?;8-,9+,10+;8-,9+,10-;;;;3-,4+;;;;;;;;;;;;/m000...0............/s1. The number of hydrogen-bond donors (Lipinski definition) is 2. The second-order valence-electron chi connectivity index (χ2n) is 32.8. The van der Waals surface area contributed by atoms with Gasteiger partial charge in [0.15, 0.2) is 0 Å². The van der Waals surface area contributed by atoms with Crippen LogP contribution in [0.3, 0.4) is 0 Å². The van der Waals surface area contributed by atoms with Crippen molar-refractivity contribution < 1.29 is 292 Å². The molecule has 4 unspecified atom stereocenters. The van der Waals surface area contributed by atoms with Crippen LogP contribution in [0.1, 0.15) is 171 Å². The summed E-state index contributed by atoms with van der Waals surface area (Å²) in [5.41, 5.74) is 7.36. The van der Waals surface area contributed by atoms with E-state index in [2.05, 4.69) is 220 Å². The van der Waals surface area contributed by atoms with Crippen molar-refractivity contribution in [1.29, 1.82) is 0 Å². The van der Waals surface area contributed by atoms with Crippen LogP contribution in [0.5, 0.6) is 0 Å². The monoisotopic (exact) mass is 3260 g/mol. The Balaban J connectivity index is 0.000000346. The van der Waals surface area contributed by atoms with E-state index in [1.54, 1.807) is 68.0 Å². The maximum atomic E-state index is 12.8. The number of nitrogens with one attached hydrogen (secondary N) is 1. The molecule has 7 radical (unpaired) electrons. The first-order valence-corrected chi connectivity index (χ1v) is 56.6. The normalized spacial score (nSPS) is 22.1. The first-order chi connectivity index (χ1) is 64.8. The molecule has 4 fully saturated rings. The van der Waals surface area contributed by atoms with E-state index in [4.69, 9.17) is 40.4 Å². The number of fused-ring (bicyclic) bond motifs is 18. The minimum absolute atomic E-state index is 0. The van der Waals surface area contributed by atoms with Gasteiger partial charge in [0.05, 0.1) is 45.5 Å². The SMILES string of the molecule is C.C.COC(=O)C1CCc2c(sc3ncn[c-]c23)C1.C[C@@H]1NC(=O)O[C@@H]1C.C[C@H]1OC(=O)N(C(=O)C2CCc3c(sc4ncn[c-]c34)C2)[C@H]1C.C[C@H]1OC(=O)N(C(=O)[C@@H]2CCc3c(sc4ncn[c-]c34)C2)[C@H]1C.C[C@H]1OC(=O)N(C(=O)[C@H]2CCc3c(sc4ncn[c-]c34)C2)[C@H]1C.IC(I)I.ICI.O=C(Cl)C1CCc2c(sc3ncn[c-]c23)C1.O=C(O)C1CCc2c(sc3ncn[c-]c23)C1.[CH2-]I.[V].[Y].[Y].[Y].[Y].[Y].[Y]. The maximum Gasteiger partial charge on any atom is 0.417 e. The number of carbonyl (C=O) groups excluding carboxylic acids is 9. The van der Waals surface area contributed by atoms with Crippen molar-refractivity contribution in [2.24, 2.45) is 35.5 Å². The second-order valence-corrected chi connectivity index (χ2v) is 55.0. The molecule has 0 saturated carbocycles. The summed E-state index contributed by atoms with van der Waals surface area (Å²) in [5, 5.41) is 17.3. The van der Waals surface area contributed by atoms with Gasteiger partial charge in [0.2, 0.25) is 23.0 Å². The van der Waals surface area contributed by atoms with Crippen molar-refractivity contribution in [1.82, 2.24) is 79.8 Å². The topological polar surface area (TPSA) is 414 Å². The number of carboxylic acid groups (broad SMARTS) is 1. The van der Waals surface area contributed by atoms with E-state index in [0.29, 0.717) is 32.1 Å². The van der Waals surface area contributed by atoms with Gasteiger partial charge < -0.3 is 117 Å². The molecule has 7 amide bonds. The molecular formula is C92H98ClI6N16O16S6VY6-7. The van der Waals surface area contributed by atoms with Gasteiger partial charge in [-0.3, -0.25) is 33.7 Å². The first-order valence-electron chi connectivity index (χ1n) is 43.0. The van der Waals surface area contributed by atoms with Gasteiger partial charge in [-0.05, 0) is 210 Å². The van der Waals surface area contributed by atoms with Gasteiger partial charge in [0, 0.05) is 305 Å². The Bertz CT molecular complexity index is 5960. The number of alkyl carbamates (subject to hydrolysis) is 1. The van der Waals surface area contributed by atoms with E-state index in [-0.39, 0.29) is 349 Å². The number of aryl methyl sites for hydroxylation is 6. The molecule has 12 aromatic rings. The summed E-state index contributed by atoms with van der Waals surface area (Å²) < 4.78 is 26.9. The van der Waals surface area contributed by atoms with E-state index in [1.807, 2.05) is 78.0 Å². The summed E-state index contributed by atoms with van der Waals surface area (Å²) in [6.07, 6.45) is 37.9. The minimum Gasteiger partial charge on any atom is -0.481 e. The molecule has 2 N–H and O–H groups in total. The fourth-order valence-corrected chi connectivity index (χ4v) is 24.7. The van der Waals surface area contributed by atoms with E-state index in [1.165, 1.54) is 105 Å². The van der Waals surface area contributed by atoms with Crippen LogP contribution in [0.2, 0.25) is 0 Å². The average Bonchev–Trinajstić information content (AvgIpc) is 1.62. The second kappa shape index (κ2) is 65.4. The van der Waals surface area contributed by atoms with Crippen LogP contribution in [-0.4, -0.2) is 197 Å². The Hall–Kier alpha value is 0.818. The number of aliphatic carboxylic acids is 1. The van der Waals surface area contributed by atoms with Gasteiger partial charge in [0.25, 0.3) is 0 Å². The van der Waals surface area contributed by atoms with Crippen LogP contribution < -0.4 is 5.32 Å². The van der Waals surface area contributed by atoms with Crippen LogP contribution in [-0.2, 0) is 344 Å². The molecule has 144 heavy (non-hydrogen) atoms. The summed E-state index contributed by atoms with van der Waals surface area (Å²) in [7, 11) is 1.45. The number of ether oxygens (including phenoxy) is 5. The molecule has 757 valence electrons. The van der Waals surface area contributed by atoms with E-state index in [0.717, 1.165) is 164 Å². The summed E-state index contributed by atoms with van der Waals surface area (Å²) in [5.74, 6) is -1.98. The van der Waals surface area contributed by atoms with Crippen molar-refractivity contribution in [3.05, 3.63) is 143 Å². The Morgan fingerprint density at radius 2 is 0.632 bits per heavy atom. The number of halogens is 7. The van der Waals surface area contributed by atoms with Crippen molar-refractivity contribution in [3.63, 3.8) is 0 Å². The van der Waals surface area contributed by atoms with Crippen molar-refractivity contribution >= 4 is 336 Å². The van der Waals surface area contributed by atoms with Gasteiger partial charge in [-0.2, -0.15) is 68.0 Å². The van der Waals surface area contributed by atoms with Crippen LogP contribution >= 0.6 is 215 Å². The molecule has 10 aliphatic rings. The van der Waals surface area contributed by atoms with Gasteiger partial charge in [-0.15, -0.1) is 33.4 Å². The first kappa shape index (κ1) is 137. The molecule has 0 aromatic carbocycles. The van der Waals surface area contributed by atoms with Gasteiger partial charge in [-0.25, -0.2) is 33.9 Å². The molecule has 4 saturated heterocycles. The number of rotatable bonds is 6. The number of nitrogens with zero attached hydrogens (tertiary/aromatic N) is 15. The molecule has 52 heteroatoms. The number of hydrogen-bond acceptors (Lipinski definition) is 33. The zero-order chi connectivity index (χ0) is 96.9. The molecule has 14 atom stereocenters. The average molecular weight is 3260 g/mol. The third-order valence-corrected chi connectivity index (χ3v) is 32.2. The number of thiophene rings is 6. The van der Waals surface area contributed by atoms with Crippen LogP contribution in [0.25, 0.3) is 61.3 Å². The maximum absolute atomic E-state index is 12.8. The molecule has 0 spiro atoms. The number of carbonyl (C=O) groups is 10. The Labute approximate surface area is 1110 Å². The van der Waals surface area contributed by atoms with Crippen molar-refractivity contribution in [3.8, 4) is 0 Å². The number of aromatic nitrogens is 12. The van der Waals surface area contributed by atoms with Crippen LogP contribution in [0, 0.1) is 77.6 Å². The fraction of sp³-hybridized carbons (Fsp3) is 0.489. The molecule has 32 nitrogen and oxygen atoms in total. The zero-order valence-corrected chi connectivity index (χ0v) is 115. The predicted octanol–water partition coefficient (Wildman–Crippen LogP) is 20.2. The minimum atomic E-state index is -0.696. The summed E-state index contributed by atoms with van der Waals surface area (Å²) >= 11 is 28.6. The van der Waals surface area contributed by atoms with Crippen LogP contribution in [0.4, 0.5) is 19.2 Å². The largest absolute Gasteiger partial charge is 0.481 e. The molecule has 6 aliphatic carbocycles. The molecule has 4 aliphatic heterocycles. The third kappa shape index (κ3) is 34.0. The molecule has 16 heterocycles. The Morgan fingerprint density at radius 3 is 0.826 bits per heavy atom. The predicted molar refractivity (Wildman–Crippen MR) is 578 cm³/mol. The summed E-state index contributed by atoms with van der Waals surface area (Å²) in [4.78, 5) is 187. The van der Waals surface area contributed by atoms with Crippen LogP contribution in [0.15, 0.2) is 38.0 Å². The number of carboxylic acids is 1. The number of methoxy groups -OCH3 is 1. The van der Waals surface area contributed by atoms with E-state index >= 15 is 0 Å². The molecule has 22 rings (SSSR count).